The first-order valence-corrected chi connectivity index (χ1v) is 15.0. The lowest BCUT2D eigenvalue weighted by molar-refractivity contribution is -0.126. The number of carbonyl (C=O) groups is 1. The summed E-state index contributed by atoms with van der Waals surface area (Å²) in [6.45, 7) is 3.87. The van der Waals surface area contributed by atoms with E-state index in [2.05, 4.69) is 28.8 Å². The molecule has 42 heavy (non-hydrogen) atoms. The number of nitrogens with one attached hydrogen (secondary N) is 2. The summed E-state index contributed by atoms with van der Waals surface area (Å²) in [6, 6.07) is 24.0. The molecule has 3 aromatic rings. The van der Waals surface area contributed by atoms with Crippen LogP contribution in [0.2, 0.25) is 5.02 Å². The topological polar surface area (TPSA) is 72.1 Å². The van der Waals surface area contributed by atoms with Gasteiger partial charge in [-0.2, -0.15) is 0 Å². The van der Waals surface area contributed by atoms with Gasteiger partial charge >= 0.3 is 0 Å². The van der Waals surface area contributed by atoms with Crippen molar-refractivity contribution in [2.24, 2.45) is 0 Å². The van der Waals surface area contributed by atoms with E-state index in [1.54, 1.807) is 7.11 Å². The molecule has 2 unspecified atom stereocenters. The monoisotopic (exact) mass is 589 g/mol. The summed E-state index contributed by atoms with van der Waals surface area (Å²) in [5, 5.41) is 8.07. The van der Waals surface area contributed by atoms with Crippen LogP contribution in [0.1, 0.15) is 29.5 Å². The highest BCUT2D eigenvalue weighted by molar-refractivity contribution is 6.30. The van der Waals surface area contributed by atoms with Gasteiger partial charge in [-0.1, -0.05) is 60.1 Å². The minimum absolute atomic E-state index is 0.0413. The number of benzene rings is 3. The third-order valence-corrected chi connectivity index (χ3v) is 8.28. The molecule has 2 aliphatic heterocycles. The summed E-state index contributed by atoms with van der Waals surface area (Å²) < 4.78 is 17.2. The first-order valence-electron chi connectivity index (χ1n) is 14.6. The minimum Gasteiger partial charge on any atom is -0.496 e. The predicted octanol–water partition coefficient (Wildman–Crippen LogP) is 5.12. The number of fused-ring (bicyclic) bond motifs is 2. The van der Waals surface area contributed by atoms with Gasteiger partial charge in [0.05, 0.1) is 38.5 Å². The maximum atomic E-state index is 13.4. The van der Waals surface area contributed by atoms with Crippen LogP contribution in [0.3, 0.4) is 0 Å². The fraction of sp³-hybridized carbons (Fsp3) is 0.382. The second-order valence-electron chi connectivity index (χ2n) is 11.0. The Morgan fingerprint density at radius 2 is 1.90 bits per heavy atom. The van der Waals surface area contributed by atoms with Crippen LogP contribution >= 0.6 is 11.6 Å². The van der Waals surface area contributed by atoms with Gasteiger partial charge in [0.15, 0.2) is 0 Å². The number of rotatable bonds is 13. The molecule has 1 amide bonds. The zero-order valence-corrected chi connectivity index (χ0v) is 25.2. The van der Waals surface area contributed by atoms with Gasteiger partial charge in [-0.25, -0.2) is 0 Å². The molecule has 5 rings (SSSR count). The van der Waals surface area contributed by atoms with Crippen LogP contribution < -0.4 is 20.1 Å². The molecule has 2 atom stereocenters. The molecule has 222 valence electrons. The Kier molecular flexibility index (Phi) is 10.2. The summed E-state index contributed by atoms with van der Waals surface area (Å²) in [5.74, 6) is 1.75. The Morgan fingerprint density at radius 1 is 1.07 bits per heavy atom. The predicted molar refractivity (Wildman–Crippen MR) is 166 cm³/mol. The number of para-hydroxylation sites is 1. The van der Waals surface area contributed by atoms with Gasteiger partial charge in [0.25, 0.3) is 5.91 Å². The van der Waals surface area contributed by atoms with E-state index in [1.807, 2.05) is 72.6 Å². The SMILES string of the molecule is COc1ccccc1COCCCOc1ccc(C23CC=C(C(=O)N(C)CCc4cccc(Cl)c4)C(CNC2)N3)cc1. The van der Waals surface area contributed by atoms with Crippen molar-refractivity contribution in [3.05, 3.63) is 106 Å². The first-order chi connectivity index (χ1) is 20.5. The van der Waals surface area contributed by atoms with Crippen molar-refractivity contribution in [2.45, 2.75) is 37.5 Å². The van der Waals surface area contributed by atoms with Crippen LogP contribution in [0.25, 0.3) is 0 Å². The van der Waals surface area contributed by atoms with Gasteiger partial charge in [-0.15, -0.1) is 0 Å². The molecular weight excluding hydrogens is 550 g/mol. The maximum Gasteiger partial charge on any atom is 0.250 e. The molecule has 2 heterocycles. The van der Waals surface area contributed by atoms with Gasteiger partial charge in [-0.3, -0.25) is 10.1 Å². The van der Waals surface area contributed by atoms with Crippen molar-refractivity contribution >= 4 is 17.5 Å². The number of halogens is 1. The number of amides is 1. The number of nitrogens with zero attached hydrogens (tertiary/aromatic N) is 1. The quantitative estimate of drug-likeness (QED) is 0.270. The first kappa shape index (κ1) is 30.1. The zero-order valence-electron chi connectivity index (χ0n) is 24.4. The van der Waals surface area contributed by atoms with Crippen molar-refractivity contribution in [3.63, 3.8) is 0 Å². The molecule has 3 aromatic carbocycles. The van der Waals surface area contributed by atoms with Crippen molar-refractivity contribution in [2.75, 3.05) is 47.0 Å². The number of likely N-dealkylation sites (N-methyl/N-ethyl adjacent to an activating group) is 1. The van der Waals surface area contributed by atoms with Crippen LogP contribution in [0, 0.1) is 0 Å². The molecule has 1 saturated heterocycles. The lowest BCUT2D eigenvalue weighted by Gasteiger charge is -2.47. The summed E-state index contributed by atoms with van der Waals surface area (Å²) >= 11 is 6.12. The van der Waals surface area contributed by atoms with Crippen LogP contribution in [0.4, 0.5) is 0 Å². The zero-order chi connectivity index (χ0) is 29.4. The fourth-order valence-electron chi connectivity index (χ4n) is 5.69. The van der Waals surface area contributed by atoms with E-state index in [-0.39, 0.29) is 17.5 Å². The van der Waals surface area contributed by atoms with Crippen molar-refractivity contribution in [1.82, 2.24) is 15.5 Å². The number of methoxy groups -OCH3 is 1. The second kappa shape index (κ2) is 14.2. The number of hydrogen-bond donors (Lipinski definition) is 2. The molecule has 0 radical (unpaired) electrons. The Balaban J connectivity index is 1.10. The van der Waals surface area contributed by atoms with E-state index >= 15 is 0 Å². The van der Waals surface area contributed by atoms with Gasteiger partial charge in [0.1, 0.15) is 11.5 Å². The number of piperazine rings is 1. The van der Waals surface area contributed by atoms with E-state index in [1.165, 1.54) is 5.56 Å². The second-order valence-corrected chi connectivity index (χ2v) is 11.4. The molecule has 2 N–H and O–H groups in total. The van der Waals surface area contributed by atoms with Crippen LogP contribution in [0.5, 0.6) is 11.5 Å². The molecule has 8 heteroatoms. The van der Waals surface area contributed by atoms with Crippen LogP contribution in [-0.4, -0.2) is 63.9 Å². The summed E-state index contributed by atoms with van der Waals surface area (Å²) in [6.07, 6.45) is 4.43. The number of hydrogen-bond acceptors (Lipinski definition) is 6. The highest BCUT2D eigenvalue weighted by atomic mass is 35.5. The van der Waals surface area contributed by atoms with Gasteiger partial charge < -0.3 is 24.4 Å². The Bertz CT molecular complexity index is 1380. The lowest BCUT2D eigenvalue weighted by Crippen LogP contribution is -2.65. The van der Waals surface area contributed by atoms with E-state index in [0.717, 1.165) is 65.6 Å². The molecule has 2 aliphatic rings. The van der Waals surface area contributed by atoms with Crippen molar-refractivity contribution < 1.29 is 19.0 Å². The van der Waals surface area contributed by atoms with E-state index in [4.69, 9.17) is 25.8 Å². The molecule has 0 aliphatic carbocycles. The summed E-state index contributed by atoms with van der Waals surface area (Å²) in [4.78, 5) is 15.2. The fourth-order valence-corrected chi connectivity index (χ4v) is 5.90. The number of ether oxygens (including phenoxy) is 3. The highest BCUT2D eigenvalue weighted by Crippen LogP contribution is 2.34. The number of carbonyl (C=O) groups excluding carboxylic acids is 1. The van der Waals surface area contributed by atoms with Gasteiger partial charge in [0, 0.05) is 49.3 Å². The third-order valence-electron chi connectivity index (χ3n) is 8.05. The van der Waals surface area contributed by atoms with E-state index in [0.29, 0.717) is 26.4 Å². The van der Waals surface area contributed by atoms with Crippen LogP contribution in [-0.2, 0) is 28.1 Å². The molecule has 7 nitrogen and oxygen atoms in total. The smallest absolute Gasteiger partial charge is 0.250 e. The van der Waals surface area contributed by atoms with Gasteiger partial charge in [0.2, 0.25) is 0 Å². The summed E-state index contributed by atoms with van der Waals surface area (Å²) in [5.41, 5.74) is 3.93. The molecule has 0 saturated carbocycles. The lowest BCUT2D eigenvalue weighted by atomic mass is 9.78. The van der Waals surface area contributed by atoms with Crippen LogP contribution in [0.15, 0.2) is 84.4 Å². The molecule has 1 fully saturated rings. The minimum atomic E-state index is -0.253. The van der Waals surface area contributed by atoms with Crippen molar-refractivity contribution in [1.29, 1.82) is 0 Å². The highest BCUT2D eigenvalue weighted by Gasteiger charge is 2.42. The molecule has 0 aromatic heterocycles. The van der Waals surface area contributed by atoms with Crippen molar-refractivity contribution in [3.8, 4) is 11.5 Å². The molecule has 0 spiro atoms. The average molecular weight is 590 g/mol. The van der Waals surface area contributed by atoms with E-state index in [9.17, 15) is 4.79 Å². The molecule has 2 bridgehead atoms. The third kappa shape index (κ3) is 7.34. The Morgan fingerprint density at radius 3 is 2.71 bits per heavy atom. The Hall–Kier alpha value is -3.36. The Labute approximate surface area is 253 Å². The van der Waals surface area contributed by atoms with Gasteiger partial charge in [-0.05, 0) is 54.3 Å². The standard InChI is InChI=1S/C34H40ClN3O4/c1-38(18-16-25-7-5-9-28(35)21-25)33(39)30-15-17-34(24-36-22-31(30)37-34)27-11-13-29(14-12-27)42-20-6-19-41-23-26-8-3-4-10-32(26)40-2/h3-5,7-15,21,31,36-37H,6,16-20,22-24H2,1-2H3. The largest absolute Gasteiger partial charge is 0.496 e. The van der Waals surface area contributed by atoms with E-state index < -0.39 is 0 Å². The maximum absolute atomic E-state index is 13.4. The normalized spacial score (nSPS) is 19.6. The molecular formula is C34H40ClN3O4. The summed E-state index contributed by atoms with van der Waals surface area (Å²) in [7, 11) is 3.54. The average Bonchev–Trinajstić information content (AvgIpc) is 3.02.